The molecule has 0 amide bonds. The molecule has 0 fully saturated rings. The van der Waals surface area contributed by atoms with Crippen LogP contribution in [0.4, 0.5) is 0 Å². The Kier molecular flexibility index (Phi) is 8.58. The van der Waals surface area contributed by atoms with Crippen molar-refractivity contribution in [3.8, 4) is 0 Å². The molecular formula is C17H29N. The first kappa shape index (κ1) is 15.2. The van der Waals surface area contributed by atoms with Crippen molar-refractivity contribution in [2.45, 2.75) is 70.8 Å². The fourth-order valence-electron chi connectivity index (χ4n) is 2.38. The van der Waals surface area contributed by atoms with E-state index in [1.54, 1.807) is 0 Å². The van der Waals surface area contributed by atoms with Crippen molar-refractivity contribution in [2.75, 3.05) is 0 Å². The van der Waals surface area contributed by atoms with Crippen LogP contribution in [-0.4, -0.2) is 6.04 Å². The molecule has 0 aliphatic carbocycles. The standard InChI is InChI=1S/C17H29N/c1-2-3-4-5-6-7-11-14-17(18)15-16-12-9-8-10-13-16/h8-10,12-13,17H,2-7,11,14-15,18H2,1H3. The third-order valence-electron chi connectivity index (χ3n) is 3.52. The Hall–Kier alpha value is -0.820. The highest BCUT2D eigenvalue weighted by Crippen LogP contribution is 2.11. The minimum Gasteiger partial charge on any atom is -0.327 e. The zero-order chi connectivity index (χ0) is 13.1. The van der Waals surface area contributed by atoms with Gasteiger partial charge in [0.1, 0.15) is 0 Å². The van der Waals surface area contributed by atoms with Gasteiger partial charge in [-0.25, -0.2) is 0 Å². The average molecular weight is 247 g/mol. The molecule has 1 heteroatoms. The third-order valence-corrected chi connectivity index (χ3v) is 3.52. The predicted octanol–water partition coefficient (Wildman–Crippen LogP) is 4.70. The molecule has 0 aliphatic heterocycles. The van der Waals surface area contributed by atoms with Gasteiger partial charge < -0.3 is 5.73 Å². The second-order valence-corrected chi connectivity index (χ2v) is 5.36. The number of benzene rings is 1. The van der Waals surface area contributed by atoms with Crippen molar-refractivity contribution >= 4 is 0 Å². The Balaban J connectivity index is 1.99. The van der Waals surface area contributed by atoms with E-state index in [1.165, 1.54) is 56.9 Å². The number of unbranched alkanes of at least 4 members (excludes halogenated alkanes) is 6. The van der Waals surface area contributed by atoms with Gasteiger partial charge in [-0.3, -0.25) is 0 Å². The van der Waals surface area contributed by atoms with Crippen LogP contribution in [0.15, 0.2) is 30.3 Å². The first-order chi connectivity index (χ1) is 8.83. The highest BCUT2D eigenvalue weighted by Gasteiger charge is 2.03. The summed E-state index contributed by atoms with van der Waals surface area (Å²) in [7, 11) is 0. The van der Waals surface area contributed by atoms with Crippen LogP contribution in [-0.2, 0) is 6.42 Å². The van der Waals surface area contributed by atoms with E-state index >= 15 is 0 Å². The Morgan fingerprint density at radius 3 is 2.17 bits per heavy atom. The maximum Gasteiger partial charge on any atom is 0.00793 e. The fourth-order valence-corrected chi connectivity index (χ4v) is 2.38. The van der Waals surface area contributed by atoms with Gasteiger partial charge in [-0.15, -0.1) is 0 Å². The van der Waals surface area contributed by atoms with Gasteiger partial charge in [-0.1, -0.05) is 82.2 Å². The molecule has 1 aromatic rings. The van der Waals surface area contributed by atoms with Crippen LogP contribution >= 0.6 is 0 Å². The van der Waals surface area contributed by atoms with E-state index in [1.807, 2.05) is 0 Å². The minimum atomic E-state index is 0.336. The van der Waals surface area contributed by atoms with E-state index in [4.69, 9.17) is 5.73 Å². The molecule has 0 spiro atoms. The van der Waals surface area contributed by atoms with Crippen LogP contribution in [0.5, 0.6) is 0 Å². The smallest absolute Gasteiger partial charge is 0.00793 e. The van der Waals surface area contributed by atoms with E-state index < -0.39 is 0 Å². The largest absolute Gasteiger partial charge is 0.327 e. The molecule has 18 heavy (non-hydrogen) atoms. The average Bonchev–Trinajstić information content (AvgIpc) is 2.39. The second-order valence-electron chi connectivity index (χ2n) is 5.36. The summed E-state index contributed by atoms with van der Waals surface area (Å²) in [4.78, 5) is 0. The minimum absolute atomic E-state index is 0.336. The summed E-state index contributed by atoms with van der Waals surface area (Å²) in [5.74, 6) is 0. The van der Waals surface area contributed by atoms with Crippen LogP contribution in [0, 0.1) is 0 Å². The summed E-state index contributed by atoms with van der Waals surface area (Å²) in [5.41, 5.74) is 7.54. The molecule has 1 unspecified atom stereocenters. The summed E-state index contributed by atoms with van der Waals surface area (Å²) >= 11 is 0. The van der Waals surface area contributed by atoms with Crippen LogP contribution < -0.4 is 5.73 Å². The first-order valence-electron chi connectivity index (χ1n) is 7.62. The summed E-state index contributed by atoms with van der Waals surface area (Å²) in [6.07, 6.45) is 11.8. The van der Waals surface area contributed by atoms with Gasteiger partial charge >= 0.3 is 0 Å². The molecule has 0 bridgehead atoms. The summed E-state index contributed by atoms with van der Waals surface area (Å²) < 4.78 is 0. The van der Waals surface area contributed by atoms with Crippen LogP contribution in [0.25, 0.3) is 0 Å². The van der Waals surface area contributed by atoms with Crippen LogP contribution in [0.2, 0.25) is 0 Å². The fraction of sp³-hybridized carbons (Fsp3) is 0.647. The summed E-state index contributed by atoms with van der Waals surface area (Å²) in [5, 5.41) is 0. The van der Waals surface area contributed by atoms with Crippen molar-refractivity contribution in [2.24, 2.45) is 5.73 Å². The molecule has 1 nitrogen and oxygen atoms in total. The molecule has 0 aliphatic rings. The lowest BCUT2D eigenvalue weighted by Crippen LogP contribution is -2.22. The first-order valence-corrected chi connectivity index (χ1v) is 7.62. The van der Waals surface area contributed by atoms with Gasteiger partial charge in [0.25, 0.3) is 0 Å². The maximum absolute atomic E-state index is 6.17. The molecule has 1 rings (SSSR count). The lowest BCUT2D eigenvalue weighted by Gasteiger charge is -2.11. The second kappa shape index (κ2) is 10.1. The topological polar surface area (TPSA) is 26.0 Å². The van der Waals surface area contributed by atoms with Gasteiger partial charge in [0.05, 0.1) is 0 Å². The van der Waals surface area contributed by atoms with E-state index in [-0.39, 0.29) is 0 Å². The van der Waals surface area contributed by atoms with E-state index in [0.717, 1.165) is 6.42 Å². The number of rotatable bonds is 10. The SMILES string of the molecule is CCCCCCCCCC(N)Cc1ccccc1. The molecule has 2 N–H and O–H groups in total. The lowest BCUT2D eigenvalue weighted by atomic mass is 10.0. The zero-order valence-corrected chi connectivity index (χ0v) is 11.9. The predicted molar refractivity (Wildman–Crippen MR) is 80.7 cm³/mol. The van der Waals surface area contributed by atoms with Crippen molar-refractivity contribution in [1.82, 2.24) is 0 Å². The highest BCUT2D eigenvalue weighted by atomic mass is 14.6. The molecule has 102 valence electrons. The number of hydrogen-bond donors (Lipinski definition) is 1. The zero-order valence-electron chi connectivity index (χ0n) is 11.9. The lowest BCUT2D eigenvalue weighted by molar-refractivity contribution is 0.528. The van der Waals surface area contributed by atoms with Crippen molar-refractivity contribution in [3.63, 3.8) is 0 Å². The molecule has 0 aromatic heterocycles. The van der Waals surface area contributed by atoms with Gasteiger partial charge in [-0.2, -0.15) is 0 Å². The Morgan fingerprint density at radius 2 is 1.50 bits per heavy atom. The molecule has 0 heterocycles. The molecule has 0 saturated heterocycles. The number of nitrogens with two attached hydrogens (primary N) is 1. The molecule has 0 saturated carbocycles. The van der Waals surface area contributed by atoms with Gasteiger partial charge in [0, 0.05) is 6.04 Å². The summed E-state index contributed by atoms with van der Waals surface area (Å²) in [6.45, 7) is 2.27. The van der Waals surface area contributed by atoms with E-state index in [9.17, 15) is 0 Å². The highest BCUT2D eigenvalue weighted by molar-refractivity contribution is 5.15. The molecule has 0 radical (unpaired) electrons. The van der Waals surface area contributed by atoms with Gasteiger partial charge in [-0.05, 0) is 18.4 Å². The number of hydrogen-bond acceptors (Lipinski definition) is 1. The van der Waals surface area contributed by atoms with E-state index in [2.05, 4.69) is 37.3 Å². The monoisotopic (exact) mass is 247 g/mol. The quantitative estimate of drug-likeness (QED) is 0.596. The Bertz CT molecular complexity index is 281. The van der Waals surface area contributed by atoms with Gasteiger partial charge in [0.15, 0.2) is 0 Å². The molecular weight excluding hydrogens is 218 g/mol. The van der Waals surface area contributed by atoms with Crippen LogP contribution in [0.3, 0.4) is 0 Å². The van der Waals surface area contributed by atoms with Crippen molar-refractivity contribution < 1.29 is 0 Å². The Morgan fingerprint density at radius 1 is 0.889 bits per heavy atom. The van der Waals surface area contributed by atoms with Crippen LogP contribution in [0.1, 0.15) is 63.9 Å². The maximum atomic E-state index is 6.17. The molecule has 1 aromatic carbocycles. The van der Waals surface area contributed by atoms with E-state index in [0.29, 0.717) is 6.04 Å². The normalized spacial score (nSPS) is 12.6. The third kappa shape index (κ3) is 7.50. The van der Waals surface area contributed by atoms with Crippen molar-refractivity contribution in [3.05, 3.63) is 35.9 Å². The summed E-state index contributed by atoms with van der Waals surface area (Å²) in [6, 6.07) is 10.9. The van der Waals surface area contributed by atoms with Crippen molar-refractivity contribution in [1.29, 1.82) is 0 Å². The Labute approximate surface area is 113 Å². The molecule has 1 atom stereocenters. The van der Waals surface area contributed by atoms with Gasteiger partial charge in [0.2, 0.25) is 0 Å².